The van der Waals surface area contributed by atoms with Gasteiger partial charge < -0.3 is 14.8 Å². The van der Waals surface area contributed by atoms with E-state index in [4.69, 9.17) is 4.52 Å². The van der Waals surface area contributed by atoms with Gasteiger partial charge >= 0.3 is 0 Å². The number of hydrogen-bond donors (Lipinski definition) is 2. The van der Waals surface area contributed by atoms with Crippen molar-refractivity contribution in [2.24, 2.45) is 0 Å². The van der Waals surface area contributed by atoms with Crippen LogP contribution in [0.3, 0.4) is 0 Å². The fraction of sp³-hybridized carbons (Fsp3) is 0.154. The summed E-state index contributed by atoms with van der Waals surface area (Å²) in [7, 11) is 0. The molecule has 7 heteroatoms. The molecule has 2 heterocycles. The van der Waals surface area contributed by atoms with Crippen molar-refractivity contribution in [2.45, 2.75) is 13.5 Å². The monoisotopic (exact) mass is 274 g/mol. The van der Waals surface area contributed by atoms with Crippen LogP contribution in [0.2, 0.25) is 0 Å². The molecule has 0 aliphatic heterocycles. The molecule has 0 fully saturated rings. The zero-order valence-electron chi connectivity index (χ0n) is 10.6. The maximum absolute atomic E-state index is 13.0. The molecule has 0 saturated carbocycles. The molecule has 0 aliphatic rings. The van der Waals surface area contributed by atoms with Crippen molar-refractivity contribution in [2.75, 3.05) is 0 Å². The minimum atomic E-state index is -0.353. The minimum Gasteiger partial charge on any atom is -0.361 e. The summed E-state index contributed by atoms with van der Waals surface area (Å²) in [5.41, 5.74) is 1.45. The number of aromatic nitrogens is 3. The van der Waals surface area contributed by atoms with Crippen molar-refractivity contribution in [1.82, 2.24) is 20.4 Å². The lowest BCUT2D eigenvalue weighted by Gasteiger charge is -1.98. The average Bonchev–Trinajstić information content (AvgIpc) is 3.01. The van der Waals surface area contributed by atoms with Gasteiger partial charge in [-0.2, -0.15) is 0 Å². The predicted molar refractivity (Wildman–Crippen MR) is 68.5 cm³/mol. The molecule has 3 rings (SSSR count). The van der Waals surface area contributed by atoms with E-state index in [0.717, 1.165) is 0 Å². The number of carbonyl (C=O) groups excluding carboxylic acids is 1. The number of imidazole rings is 1. The van der Waals surface area contributed by atoms with E-state index in [1.54, 1.807) is 19.1 Å². The van der Waals surface area contributed by atoms with Gasteiger partial charge in [-0.25, -0.2) is 9.37 Å². The fourth-order valence-corrected chi connectivity index (χ4v) is 1.85. The fourth-order valence-electron chi connectivity index (χ4n) is 1.85. The largest absolute Gasteiger partial charge is 0.361 e. The van der Waals surface area contributed by atoms with E-state index in [2.05, 4.69) is 20.4 Å². The van der Waals surface area contributed by atoms with Gasteiger partial charge in [0.2, 0.25) is 0 Å². The van der Waals surface area contributed by atoms with E-state index in [1.807, 2.05) is 0 Å². The zero-order chi connectivity index (χ0) is 14.1. The SMILES string of the molecule is Cc1cc(C(=O)NCc2nc3ccc(F)cc3[nH]2)no1. The Morgan fingerprint density at radius 3 is 3.05 bits per heavy atom. The third kappa shape index (κ3) is 2.37. The van der Waals surface area contributed by atoms with Crippen LogP contribution in [-0.2, 0) is 6.54 Å². The van der Waals surface area contributed by atoms with E-state index in [-0.39, 0.29) is 24.0 Å². The molecule has 1 aromatic carbocycles. The van der Waals surface area contributed by atoms with E-state index in [9.17, 15) is 9.18 Å². The summed E-state index contributed by atoms with van der Waals surface area (Å²) in [5, 5.41) is 6.27. The van der Waals surface area contributed by atoms with E-state index in [1.165, 1.54) is 12.1 Å². The normalized spacial score (nSPS) is 10.9. The topological polar surface area (TPSA) is 83.8 Å². The molecule has 0 radical (unpaired) electrons. The van der Waals surface area contributed by atoms with Gasteiger partial charge in [0.1, 0.15) is 17.4 Å². The Balaban J connectivity index is 1.72. The molecular formula is C13H11FN4O2. The number of amides is 1. The van der Waals surface area contributed by atoms with Gasteiger partial charge in [-0.05, 0) is 25.1 Å². The van der Waals surface area contributed by atoms with Crippen LogP contribution in [0.5, 0.6) is 0 Å². The van der Waals surface area contributed by atoms with Crippen LogP contribution in [0.4, 0.5) is 4.39 Å². The first-order valence-corrected chi connectivity index (χ1v) is 5.97. The molecule has 0 unspecified atom stereocenters. The molecule has 1 amide bonds. The summed E-state index contributed by atoms with van der Waals surface area (Å²) < 4.78 is 17.9. The summed E-state index contributed by atoms with van der Waals surface area (Å²) in [6, 6.07) is 5.81. The number of rotatable bonds is 3. The summed E-state index contributed by atoms with van der Waals surface area (Å²) >= 11 is 0. The maximum atomic E-state index is 13.0. The molecular weight excluding hydrogens is 263 g/mol. The van der Waals surface area contributed by atoms with Crippen molar-refractivity contribution in [3.63, 3.8) is 0 Å². The Bertz CT molecular complexity index is 778. The van der Waals surface area contributed by atoms with Gasteiger partial charge in [-0.1, -0.05) is 5.16 Å². The molecule has 3 aromatic rings. The van der Waals surface area contributed by atoms with Crippen LogP contribution in [-0.4, -0.2) is 21.0 Å². The molecule has 102 valence electrons. The third-order valence-corrected chi connectivity index (χ3v) is 2.77. The number of nitrogens with one attached hydrogen (secondary N) is 2. The number of carbonyl (C=O) groups is 1. The highest BCUT2D eigenvalue weighted by Crippen LogP contribution is 2.12. The highest BCUT2D eigenvalue weighted by atomic mass is 19.1. The molecule has 0 spiro atoms. The van der Waals surface area contributed by atoms with Crippen LogP contribution >= 0.6 is 0 Å². The minimum absolute atomic E-state index is 0.195. The molecule has 0 aliphatic carbocycles. The van der Waals surface area contributed by atoms with Crippen LogP contribution in [0.15, 0.2) is 28.8 Å². The summed E-state index contributed by atoms with van der Waals surface area (Å²) in [6.45, 7) is 1.90. The number of aromatic amines is 1. The first-order chi connectivity index (χ1) is 9.61. The molecule has 6 nitrogen and oxygen atoms in total. The maximum Gasteiger partial charge on any atom is 0.273 e. The standard InChI is InChI=1S/C13H11FN4O2/c1-7-4-11(18-20-7)13(19)15-6-12-16-9-3-2-8(14)5-10(9)17-12/h2-5H,6H2,1H3,(H,15,19)(H,16,17). The summed E-state index contributed by atoms with van der Waals surface area (Å²) in [4.78, 5) is 18.9. The van der Waals surface area contributed by atoms with Gasteiger partial charge in [-0.15, -0.1) is 0 Å². The van der Waals surface area contributed by atoms with E-state index >= 15 is 0 Å². The Kier molecular flexibility index (Phi) is 2.94. The van der Waals surface area contributed by atoms with Gasteiger partial charge in [0.15, 0.2) is 5.69 Å². The zero-order valence-corrected chi connectivity index (χ0v) is 10.6. The molecule has 0 atom stereocenters. The number of fused-ring (bicyclic) bond motifs is 1. The van der Waals surface area contributed by atoms with Gasteiger partial charge in [0.05, 0.1) is 17.6 Å². The van der Waals surface area contributed by atoms with Crippen molar-refractivity contribution in [1.29, 1.82) is 0 Å². The number of halogens is 1. The highest BCUT2D eigenvalue weighted by molar-refractivity contribution is 5.92. The van der Waals surface area contributed by atoms with Crippen LogP contribution in [0.25, 0.3) is 11.0 Å². The van der Waals surface area contributed by atoms with Crippen LogP contribution in [0.1, 0.15) is 22.1 Å². The van der Waals surface area contributed by atoms with Crippen molar-refractivity contribution in [3.05, 3.63) is 47.4 Å². The first-order valence-electron chi connectivity index (χ1n) is 5.97. The third-order valence-electron chi connectivity index (χ3n) is 2.77. The van der Waals surface area contributed by atoms with Crippen molar-refractivity contribution >= 4 is 16.9 Å². The molecule has 2 aromatic heterocycles. The van der Waals surface area contributed by atoms with Gasteiger partial charge in [0, 0.05) is 6.07 Å². The Morgan fingerprint density at radius 1 is 1.45 bits per heavy atom. The molecule has 0 bridgehead atoms. The highest BCUT2D eigenvalue weighted by Gasteiger charge is 2.11. The Hall–Kier alpha value is -2.70. The van der Waals surface area contributed by atoms with Crippen LogP contribution in [0, 0.1) is 12.7 Å². The second-order valence-corrected chi connectivity index (χ2v) is 4.35. The summed E-state index contributed by atoms with van der Waals surface area (Å²) in [5.74, 6) is 0.414. The number of hydrogen-bond acceptors (Lipinski definition) is 4. The number of H-pyrrole nitrogens is 1. The second-order valence-electron chi connectivity index (χ2n) is 4.35. The number of benzene rings is 1. The van der Waals surface area contributed by atoms with Gasteiger partial charge in [-0.3, -0.25) is 4.79 Å². The van der Waals surface area contributed by atoms with Crippen molar-refractivity contribution in [3.8, 4) is 0 Å². The second kappa shape index (κ2) is 4.76. The summed E-state index contributed by atoms with van der Waals surface area (Å²) in [6.07, 6.45) is 0. The lowest BCUT2D eigenvalue weighted by Crippen LogP contribution is -2.23. The van der Waals surface area contributed by atoms with E-state index < -0.39 is 0 Å². The predicted octanol–water partition coefficient (Wildman–Crippen LogP) is 1.93. The molecule has 0 saturated heterocycles. The molecule has 2 N–H and O–H groups in total. The van der Waals surface area contributed by atoms with Gasteiger partial charge in [0.25, 0.3) is 5.91 Å². The lowest BCUT2D eigenvalue weighted by atomic mass is 10.3. The lowest BCUT2D eigenvalue weighted by molar-refractivity contribution is 0.0941. The van der Waals surface area contributed by atoms with E-state index in [0.29, 0.717) is 22.6 Å². The molecule has 20 heavy (non-hydrogen) atoms. The van der Waals surface area contributed by atoms with Crippen molar-refractivity contribution < 1.29 is 13.7 Å². The number of aryl methyl sites for hydroxylation is 1. The quantitative estimate of drug-likeness (QED) is 0.764. The Labute approximate surface area is 113 Å². The smallest absolute Gasteiger partial charge is 0.273 e. The average molecular weight is 274 g/mol. The first kappa shape index (κ1) is 12.3. The number of nitrogens with zero attached hydrogens (tertiary/aromatic N) is 2. The Morgan fingerprint density at radius 2 is 2.30 bits per heavy atom. The van der Waals surface area contributed by atoms with Crippen LogP contribution < -0.4 is 5.32 Å².